The maximum absolute atomic E-state index is 4.38. The van der Waals surface area contributed by atoms with Gasteiger partial charge in [0.05, 0.1) is 5.52 Å². The lowest BCUT2D eigenvalue weighted by molar-refractivity contribution is 0.540. The van der Waals surface area contributed by atoms with Crippen LogP contribution in [0.4, 0.5) is 0 Å². The quantitative estimate of drug-likeness (QED) is 0.810. The average Bonchev–Trinajstić information content (AvgIpc) is 2.89. The van der Waals surface area contributed by atoms with Crippen LogP contribution in [0.3, 0.4) is 0 Å². The molecule has 3 rings (SSSR count). The molecule has 86 valence electrons. The Labute approximate surface area is 101 Å². The summed E-state index contributed by atoms with van der Waals surface area (Å²) in [6, 6.07) is 11.0. The minimum atomic E-state index is 0.613. The molecule has 1 aromatic carbocycles. The summed E-state index contributed by atoms with van der Waals surface area (Å²) in [5, 5.41) is 4.86. The molecule has 0 aliphatic heterocycles. The molecule has 1 aromatic heterocycles. The maximum atomic E-state index is 4.38. The first kappa shape index (κ1) is 10.5. The third kappa shape index (κ3) is 2.22. The van der Waals surface area contributed by atoms with Gasteiger partial charge < -0.3 is 5.32 Å². The normalized spacial score (nSPS) is 15.8. The number of hydrogen-bond acceptors (Lipinski definition) is 2. The van der Waals surface area contributed by atoms with Gasteiger partial charge in [0.2, 0.25) is 0 Å². The highest BCUT2D eigenvalue weighted by Gasteiger charge is 2.09. The zero-order valence-corrected chi connectivity index (χ0v) is 9.76. The van der Waals surface area contributed by atoms with Gasteiger partial charge >= 0.3 is 0 Å². The predicted octanol–water partition coefficient (Wildman–Crippen LogP) is 3.04. The minimum Gasteiger partial charge on any atom is -0.309 e. The van der Waals surface area contributed by atoms with Crippen LogP contribution in [-0.2, 0) is 6.54 Å². The van der Waals surface area contributed by atoms with Crippen molar-refractivity contribution < 1.29 is 0 Å². The van der Waals surface area contributed by atoms with Gasteiger partial charge in [-0.2, -0.15) is 0 Å². The summed E-state index contributed by atoms with van der Waals surface area (Å²) >= 11 is 0. The fraction of sp³-hybridized carbons (Fsp3) is 0.267. The van der Waals surface area contributed by atoms with Crippen molar-refractivity contribution in [1.29, 1.82) is 0 Å². The summed E-state index contributed by atoms with van der Waals surface area (Å²) < 4.78 is 0. The Morgan fingerprint density at radius 1 is 1.12 bits per heavy atom. The Hall–Kier alpha value is -1.67. The van der Waals surface area contributed by atoms with Crippen LogP contribution in [0.1, 0.15) is 18.4 Å². The highest BCUT2D eigenvalue weighted by Crippen LogP contribution is 2.17. The first-order valence-electron chi connectivity index (χ1n) is 6.14. The zero-order chi connectivity index (χ0) is 11.5. The summed E-state index contributed by atoms with van der Waals surface area (Å²) in [4.78, 5) is 4.38. The molecule has 1 heterocycles. The third-order valence-electron chi connectivity index (χ3n) is 3.33. The second-order valence-corrected chi connectivity index (χ2v) is 4.51. The average molecular weight is 224 g/mol. The lowest BCUT2D eigenvalue weighted by Crippen LogP contribution is -2.25. The minimum absolute atomic E-state index is 0.613. The van der Waals surface area contributed by atoms with Crippen LogP contribution in [0.25, 0.3) is 10.9 Å². The molecule has 2 nitrogen and oxygen atoms in total. The largest absolute Gasteiger partial charge is 0.309 e. The van der Waals surface area contributed by atoms with E-state index in [4.69, 9.17) is 0 Å². The van der Waals surface area contributed by atoms with Gasteiger partial charge in [-0.05, 0) is 30.5 Å². The second-order valence-electron chi connectivity index (χ2n) is 4.51. The fourth-order valence-corrected chi connectivity index (χ4v) is 2.35. The van der Waals surface area contributed by atoms with Crippen LogP contribution < -0.4 is 5.32 Å². The lowest BCUT2D eigenvalue weighted by atomic mass is 10.1. The van der Waals surface area contributed by atoms with E-state index in [0.29, 0.717) is 6.04 Å². The molecule has 0 atom stereocenters. The SMILES string of the molecule is C1=CCC(NCc2ccnc3ccccc23)C1. The van der Waals surface area contributed by atoms with Crippen LogP contribution >= 0.6 is 0 Å². The number of fused-ring (bicyclic) bond motifs is 1. The molecule has 0 saturated heterocycles. The van der Waals surface area contributed by atoms with Crippen molar-refractivity contribution in [2.24, 2.45) is 0 Å². The van der Waals surface area contributed by atoms with E-state index < -0.39 is 0 Å². The van der Waals surface area contributed by atoms with Crippen molar-refractivity contribution in [3.63, 3.8) is 0 Å². The van der Waals surface area contributed by atoms with Crippen LogP contribution in [0, 0.1) is 0 Å². The van der Waals surface area contributed by atoms with E-state index in [9.17, 15) is 0 Å². The van der Waals surface area contributed by atoms with Gasteiger partial charge in [0.15, 0.2) is 0 Å². The molecule has 0 spiro atoms. The number of nitrogens with one attached hydrogen (secondary N) is 1. The molecule has 0 fully saturated rings. The number of nitrogens with zero attached hydrogens (tertiary/aromatic N) is 1. The molecule has 17 heavy (non-hydrogen) atoms. The lowest BCUT2D eigenvalue weighted by Gasteiger charge is -2.13. The molecular formula is C15H16N2. The number of benzene rings is 1. The number of aromatic nitrogens is 1. The zero-order valence-electron chi connectivity index (χ0n) is 9.76. The Morgan fingerprint density at radius 2 is 1.94 bits per heavy atom. The Morgan fingerprint density at radius 3 is 2.82 bits per heavy atom. The van der Waals surface area contributed by atoms with Crippen molar-refractivity contribution in [2.75, 3.05) is 0 Å². The highest BCUT2D eigenvalue weighted by molar-refractivity contribution is 5.81. The molecule has 1 aliphatic carbocycles. The smallest absolute Gasteiger partial charge is 0.0705 e. The molecule has 0 bridgehead atoms. The van der Waals surface area contributed by atoms with E-state index in [-0.39, 0.29) is 0 Å². The van der Waals surface area contributed by atoms with E-state index in [1.807, 2.05) is 12.3 Å². The van der Waals surface area contributed by atoms with Gasteiger partial charge in [-0.25, -0.2) is 0 Å². The molecule has 0 unspecified atom stereocenters. The molecule has 0 saturated carbocycles. The predicted molar refractivity (Wildman–Crippen MR) is 70.7 cm³/mol. The van der Waals surface area contributed by atoms with Crippen molar-refractivity contribution in [3.05, 3.63) is 54.2 Å². The van der Waals surface area contributed by atoms with Crippen molar-refractivity contribution in [2.45, 2.75) is 25.4 Å². The summed E-state index contributed by atoms with van der Waals surface area (Å²) in [5.41, 5.74) is 2.42. The molecule has 0 amide bonds. The van der Waals surface area contributed by atoms with Gasteiger partial charge in [-0.15, -0.1) is 0 Å². The van der Waals surface area contributed by atoms with E-state index in [1.165, 1.54) is 10.9 Å². The second kappa shape index (κ2) is 4.68. The fourth-order valence-electron chi connectivity index (χ4n) is 2.35. The van der Waals surface area contributed by atoms with Crippen molar-refractivity contribution >= 4 is 10.9 Å². The summed E-state index contributed by atoms with van der Waals surface area (Å²) in [5.74, 6) is 0. The highest BCUT2D eigenvalue weighted by atomic mass is 14.9. The van der Waals surface area contributed by atoms with E-state index >= 15 is 0 Å². The van der Waals surface area contributed by atoms with E-state index in [2.05, 4.69) is 46.7 Å². The van der Waals surface area contributed by atoms with Crippen LogP contribution in [0.5, 0.6) is 0 Å². The molecule has 0 radical (unpaired) electrons. The van der Waals surface area contributed by atoms with Crippen LogP contribution in [0.15, 0.2) is 48.7 Å². The monoisotopic (exact) mass is 224 g/mol. The standard InChI is InChI=1S/C15H16N2/c1-2-6-13(5-1)17-11-12-9-10-16-15-8-4-3-7-14(12)15/h1-4,7-10,13,17H,5-6,11H2. The number of pyridine rings is 1. The first-order chi connectivity index (χ1) is 8.43. The summed E-state index contributed by atoms with van der Waals surface area (Å²) in [7, 11) is 0. The Balaban J connectivity index is 1.80. The van der Waals surface area contributed by atoms with Gasteiger partial charge in [0.25, 0.3) is 0 Å². The van der Waals surface area contributed by atoms with Gasteiger partial charge in [0, 0.05) is 24.2 Å². The van der Waals surface area contributed by atoms with Gasteiger partial charge in [-0.1, -0.05) is 30.4 Å². The van der Waals surface area contributed by atoms with Gasteiger partial charge in [-0.3, -0.25) is 4.98 Å². The van der Waals surface area contributed by atoms with Crippen LogP contribution in [0.2, 0.25) is 0 Å². The number of hydrogen-bond donors (Lipinski definition) is 1. The number of para-hydroxylation sites is 1. The van der Waals surface area contributed by atoms with Gasteiger partial charge in [0.1, 0.15) is 0 Å². The summed E-state index contributed by atoms with van der Waals surface area (Å²) in [6.45, 7) is 0.926. The Kier molecular flexibility index (Phi) is 2.88. The third-order valence-corrected chi connectivity index (χ3v) is 3.33. The molecular weight excluding hydrogens is 208 g/mol. The molecule has 2 aromatic rings. The van der Waals surface area contributed by atoms with E-state index in [0.717, 1.165) is 24.9 Å². The molecule has 1 N–H and O–H groups in total. The van der Waals surface area contributed by atoms with Crippen LogP contribution in [-0.4, -0.2) is 11.0 Å². The number of rotatable bonds is 3. The van der Waals surface area contributed by atoms with Crippen molar-refractivity contribution in [3.8, 4) is 0 Å². The van der Waals surface area contributed by atoms with Crippen molar-refractivity contribution in [1.82, 2.24) is 10.3 Å². The van der Waals surface area contributed by atoms with E-state index in [1.54, 1.807) is 0 Å². The topological polar surface area (TPSA) is 24.9 Å². The molecule has 1 aliphatic rings. The maximum Gasteiger partial charge on any atom is 0.0705 e. The molecule has 2 heteroatoms. The summed E-state index contributed by atoms with van der Waals surface area (Å²) in [6.07, 6.45) is 8.71. The Bertz CT molecular complexity index is 532. The first-order valence-corrected chi connectivity index (χ1v) is 6.14.